The van der Waals surface area contributed by atoms with Gasteiger partial charge in [-0.3, -0.25) is 14.7 Å². The van der Waals surface area contributed by atoms with Crippen LogP contribution < -0.4 is 10.2 Å². The maximum absolute atomic E-state index is 12.6. The lowest BCUT2D eigenvalue weighted by molar-refractivity contribution is -0.119. The number of nitrogens with zero attached hydrogens (tertiary/aromatic N) is 4. The van der Waals surface area contributed by atoms with Crippen molar-refractivity contribution in [2.45, 2.75) is 51.6 Å². The van der Waals surface area contributed by atoms with Crippen molar-refractivity contribution in [1.82, 2.24) is 20.3 Å². The Balaban J connectivity index is 1.71. The van der Waals surface area contributed by atoms with Crippen LogP contribution in [0, 0.1) is 6.92 Å². The molecule has 6 heteroatoms. The number of pyridine rings is 1. The number of aromatic nitrogens is 3. The van der Waals surface area contributed by atoms with Crippen molar-refractivity contribution >= 4 is 11.7 Å². The lowest BCUT2D eigenvalue weighted by Gasteiger charge is -2.30. The Kier molecular flexibility index (Phi) is 4.44. The van der Waals surface area contributed by atoms with Crippen LogP contribution in [0.5, 0.6) is 0 Å². The molecule has 130 valence electrons. The van der Waals surface area contributed by atoms with E-state index in [1.54, 1.807) is 11.1 Å². The van der Waals surface area contributed by atoms with Crippen molar-refractivity contribution in [2.75, 3.05) is 11.4 Å². The molecule has 1 fully saturated rings. The first-order chi connectivity index (χ1) is 12.2. The fourth-order valence-electron chi connectivity index (χ4n) is 3.65. The molecule has 2 aromatic heterocycles. The number of hydrogen-bond donors (Lipinski definition) is 1. The molecule has 2 aliphatic rings. The Labute approximate surface area is 147 Å². The van der Waals surface area contributed by atoms with Crippen LogP contribution in [0.15, 0.2) is 24.4 Å². The molecule has 0 spiro atoms. The smallest absolute Gasteiger partial charge is 0.228 e. The lowest BCUT2D eigenvalue weighted by atomic mass is 10.0. The number of carbonyl (C=O) groups is 1. The summed E-state index contributed by atoms with van der Waals surface area (Å²) in [6, 6.07) is 5.96. The summed E-state index contributed by atoms with van der Waals surface area (Å²) in [6.45, 7) is 3.49. The predicted octanol–water partition coefficient (Wildman–Crippen LogP) is 2.47. The van der Waals surface area contributed by atoms with Crippen LogP contribution in [0.3, 0.4) is 0 Å². The fraction of sp³-hybridized carbons (Fsp3) is 0.474. The average Bonchev–Trinajstić information content (AvgIpc) is 2.65. The SMILES string of the molecule is Cc1nc(C2CCCCN2)nc2c1CCC(=O)N2Cc1ccccn1. The summed E-state index contributed by atoms with van der Waals surface area (Å²) in [6.07, 6.45) is 6.42. The Morgan fingerprint density at radius 3 is 2.92 bits per heavy atom. The summed E-state index contributed by atoms with van der Waals surface area (Å²) in [7, 11) is 0. The molecule has 4 rings (SSSR count). The monoisotopic (exact) mass is 337 g/mol. The standard InChI is InChI=1S/C19H23N5O/c1-13-15-8-9-17(25)24(12-14-6-2-4-10-20-14)19(15)23-18(22-13)16-7-3-5-11-21-16/h2,4,6,10,16,21H,3,5,7-9,11-12H2,1H3. The zero-order valence-electron chi connectivity index (χ0n) is 14.5. The van der Waals surface area contributed by atoms with Gasteiger partial charge in [-0.15, -0.1) is 0 Å². The van der Waals surface area contributed by atoms with Crippen LogP contribution in [-0.4, -0.2) is 27.4 Å². The van der Waals surface area contributed by atoms with E-state index in [0.717, 1.165) is 48.0 Å². The molecule has 0 saturated carbocycles. The highest BCUT2D eigenvalue weighted by Crippen LogP contribution is 2.31. The maximum atomic E-state index is 12.6. The number of fused-ring (bicyclic) bond motifs is 1. The first-order valence-electron chi connectivity index (χ1n) is 9.03. The van der Waals surface area contributed by atoms with Crippen molar-refractivity contribution in [3.8, 4) is 0 Å². The Morgan fingerprint density at radius 2 is 2.16 bits per heavy atom. The van der Waals surface area contributed by atoms with Crippen LogP contribution in [0.2, 0.25) is 0 Å². The molecule has 1 amide bonds. The number of aryl methyl sites for hydroxylation is 1. The number of carbonyl (C=O) groups excluding carboxylic acids is 1. The zero-order chi connectivity index (χ0) is 17.2. The molecule has 6 nitrogen and oxygen atoms in total. The summed E-state index contributed by atoms with van der Waals surface area (Å²) in [5, 5.41) is 3.50. The highest BCUT2D eigenvalue weighted by molar-refractivity contribution is 5.95. The second-order valence-corrected chi connectivity index (χ2v) is 6.77. The summed E-state index contributed by atoms with van der Waals surface area (Å²) in [5.74, 6) is 1.70. The Hall–Kier alpha value is -2.34. The van der Waals surface area contributed by atoms with E-state index in [2.05, 4.69) is 10.3 Å². The van der Waals surface area contributed by atoms with E-state index < -0.39 is 0 Å². The zero-order valence-corrected chi connectivity index (χ0v) is 14.5. The van der Waals surface area contributed by atoms with Crippen LogP contribution >= 0.6 is 0 Å². The van der Waals surface area contributed by atoms with Crippen LogP contribution in [0.1, 0.15) is 54.5 Å². The van der Waals surface area contributed by atoms with Gasteiger partial charge in [0.15, 0.2) is 0 Å². The second kappa shape index (κ2) is 6.88. The molecule has 2 aliphatic heterocycles. The Morgan fingerprint density at radius 1 is 1.24 bits per heavy atom. The Bertz CT molecular complexity index is 771. The first kappa shape index (κ1) is 16.1. The largest absolute Gasteiger partial charge is 0.307 e. The average molecular weight is 337 g/mol. The van der Waals surface area contributed by atoms with Gasteiger partial charge < -0.3 is 5.32 Å². The molecule has 0 aliphatic carbocycles. The molecule has 1 N–H and O–H groups in total. The van der Waals surface area contributed by atoms with Crippen LogP contribution in [0.25, 0.3) is 0 Å². The number of nitrogens with one attached hydrogen (secondary N) is 1. The fourth-order valence-corrected chi connectivity index (χ4v) is 3.65. The maximum Gasteiger partial charge on any atom is 0.228 e. The van der Waals surface area contributed by atoms with E-state index in [1.165, 1.54) is 12.8 Å². The number of rotatable bonds is 3. The molecular formula is C19H23N5O. The highest BCUT2D eigenvalue weighted by Gasteiger charge is 2.30. The van der Waals surface area contributed by atoms with Crippen molar-refractivity contribution in [2.24, 2.45) is 0 Å². The van der Waals surface area contributed by atoms with Gasteiger partial charge in [0.2, 0.25) is 5.91 Å². The van der Waals surface area contributed by atoms with Gasteiger partial charge in [0, 0.05) is 23.9 Å². The number of hydrogen-bond acceptors (Lipinski definition) is 5. The second-order valence-electron chi connectivity index (χ2n) is 6.77. The van der Waals surface area contributed by atoms with Crippen LogP contribution in [0.4, 0.5) is 5.82 Å². The normalized spacial score (nSPS) is 20.4. The van der Waals surface area contributed by atoms with Gasteiger partial charge in [-0.25, -0.2) is 9.97 Å². The van der Waals surface area contributed by atoms with E-state index in [0.29, 0.717) is 13.0 Å². The molecule has 1 unspecified atom stereocenters. The minimum absolute atomic E-state index is 0.110. The lowest BCUT2D eigenvalue weighted by Crippen LogP contribution is -2.37. The van der Waals surface area contributed by atoms with Gasteiger partial charge in [0.25, 0.3) is 0 Å². The minimum Gasteiger partial charge on any atom is -0.307 e. The number of anilines is 1. The minimum atomic E-state index is 0.110. The third-order valence-electron chi connectivity index (χ3n) is 5.02. The summed E-state index contributed by atoms with van der Waals surface area (Å²) in [4.78, 5) is 28.3. The quantitative estimate of drug-likeness (QED) is 0.932. The van der Waals surface area contributed by atoms with Gasteiger partial charge in [-0.1, -0.05) is 12.5 Å². The predicted molar refractivity (Wildman–Crippen MR) is 95.1 cm³/mol. The molecule has 1 atom stereocenters. The third kappa shape index (κ3) is 3.26. The van der Waals surface area contributed by atoms with E-state index in [9.17, 15) is 4.79 Å². The number of piperidine rings is 1. The van der Waals surface area contributed by atoms with Gasteiger partial charge in [0.1, 0.15) is 11.6 Å². The highest BCUT2D eigenvalue weighted by atomic mass is 16.2. The molecule has 1 saturated heterocycles. The van der Waals surface area contributed by atoms with Gasteiger partial charge in [0.05, 0.1) is 18.3 Å². The van der Waals surface area contributed by atoms with Crippen molar-refractivity contribution in [3.63, 3.8) is 0 Å². The van der Waals surface area contributed by atoms with Crippen LogP contribution in [-0.2, 0) is 17.8 Å². The molecule has 2 aromatic rings. The summed E-state index contributed by atoms with van der Waals surface area (Å²) >= 11 is 0. The topological polar surface area (TPSA) is 71.0 Å². The van der Waals surface area contributed by atoms with Crippen molar-refractivity contribution < 1.29 is 4.79 Å². The number of amides is 1. The van der Waals surface area contributed by atoms with Crippen molar-refractivity contribution in [1.29, 1.82) is 0 Å². The molecular weight excluding hydrogens is 314 g/mol. The molecule has 0 radical (unpaired) electrons. The van der Waals surface area contributed by atoms with E-state index >= 15 is 0 Å². The van der Waals surface area contributed by atoms with Gasteiger partial charge >= 0.3 is 0 Å². The van der Waals surface area contributed by atoms with Gasteiger partial charge in [-0.2, -0.15) is 0 Å². The summed E-state index contributed by atoms with van der Waals surface area (Å²) in [5.41, 5.74) is 2.96. The van der Waals surface area contributed by atoms with Gasteiger partial charge in [-0.05, 0) is 44.9 Å². The molecule has 0 aromatic carbocycles. The van der Waals surface area contributed by atoms with E-state index in [4.69, 9.17) is 9.97 Å². The van der Waals surface area contributed by atoms with Crippen molar-refractivity contribution in [3.05, 3.63) is 47.2 Å². The van der Waals surface area contributed by atoms with E-state index in [1.807, 2.05) is 25.1 Å². The van der Waals surface area contributed by atoms with E-state index in [-0.39, 0.29) is 11.9 Å². The summed E-state index contributed by atoms with van der Waals surface area (Å²) < 4.78 is 0. The molecule has 4 heterocycles. The molecule has 0 bridgehead atoms. The molecule has 25 heavy (non-hydrogen) atoms. The third-order valence-corrected chi connectivity index (χ3v) is 5.02. The first-order valence-corrected chi connectivity index (χ1v) is 9.03.